The van der Waals surface area contributed by atoms with Gasteiger partial charge in [-0.15, -0.1) is 12.4 Å². The number of aromatic nitrogens is 2. The van der Waals surface area contributed by atoms with Gasteiger partial charge >= 0.3 is 0 Å². The molecule has 2 aromatic heterocycles. The molecule has 0 spiro atoms. The predicted molar refractivity (Wildman–Crippen MR) is 83.8 cm³/mol. The second-order valence-corrected chi connectivity index (χ2v) is 4.43. The lowest BCUT2D eigenvalue weighted by atomic mass is 10.4. The van der Waals surface area contributed by atoms with E-state index in [4.69, 9.17) is 5.11 Å². The zero-order chi connectivity index (χ0) is 13.2. The summed E-state index contributed by atoms with van der Waals surface area (Å²) in [4.78, 5) is 9.69. The lowest BCUT2D eigenvalue weighted by Gasteiger charge is -2.16. The molecule has 0 aliphatic rings. The van der Waals surface area contributed by atoms with Crippen molar-refractivity contribution in [1.29, 1.82) is 0 Å². The molecule has 0 saturated carbocycles. The average Bonchev–Trinajstić information content (AvgIpc) is 2.42. The molecular weight excluding hydrogens is 330 g/mol. The van der Waals surface area contributed by atoms with Crippen molar-refractivity contribution < 1.29 is 5.11 Å². The van der Waals surface area contributed by atoms with Crippen LogP contribution in [0.4, 0.5) is 5.69 Å². The fourth-order valence-corrected chi connectivity index (χ4v) is 1.45. The zero-order valence-electron chi connectivity index (χ0n) is 10.6. The molecule has 0 saturated heterocycles. The highest BCUT2D eigenvalue weighted by molar-refractivity contribution is 9.10. The summed E-state index contributed by atoms with van der Waals surface area (Å²) in [5.41, 5.74) is 1.08. The number of anilines is 1. The smallest absolute Gasteiger partial charge is 0.0606 e. The first-order chi connectivity index (χ1) is 8.74. The van der Waals surface area contributed by atoms with Crippen LogP contribution in [0.1, 0.15) is 0 Å². The minimum atomic E-state index is 0. The van der Waals surface area contributed by atoms with Crippen LogP contribution >= 0.6 is 28.3 Å². The number of nitrogens with zero attached hydrogens (tertiary/aromatic N) is 3. The molecule has 2 rings (SSSR count). The quantitative estimate of drug-likeness (QED) is 0.928. The molecule has 0 bridgehead atoms. The van der Waals surface area contributed by atoms with E-state index in [0.29, 0.717) is 6.54 Å². The number of rotatable bonds is 3. The molecule has 0 aliphatic carbocycles. The van der Waals surface area contributed by atoms with Gasteiger partial charge in [0.15, 0.2) is 0 Å². The zero-order valence-corrected chi connectivity index (χ0v) is 13.0. The Morgan fingerprint density at radius 3 is 1.89 bits per heavy atom. The monoisotopic (exact) mass is 345 g/mol. The normalized spacial score (nSPS) is 8.79. The van der Waals surface area contributed by atoms with E-state index < -0.39 is 0 Å². The van der Waals surface area contributed by atoms with E-state index in [1.54, 1.807) is 24.8 Å². The van der Waals surface area contributed by atoms with Gasteiger partial charge in [0.1, 0.15) is 0 Å². The van der Waals surface area contributed by atoms with Gasteiger partial charge in [-0.05, 0) is 24.3 Å². The van der Waals surface area contributed by atoms with Crippen molar-refractivity contribution in [1.82, 2.24) is 9.97 Å². The summed E-state index contributed by atoms with van der Waals surface area (Å²) in [7, 11) is 1.94. The Labute approximate surface area is 128 Å². The Hall–Kier alpha value is -1.17. The van der Waals surface area contributed by atoms with E-state index in [2.05, 4.69) is 25.9 Å². The van der Waals surface area contributed by atoms with Gasteiger partial charge in [-0.1, -0.05) is 15.9 Å². The van der Waals surface area contributed by atoms with Gasteiger partial charge in [0.05, 0.1) is 6.61 Å². The van der Waals surface area contributed by atoms with Crippen molar-refractivity contribution in [2.24, 2.45) is 0 Å². The first-order valence-electron chi connectivity index (χ1n) is 5.51. The van der Waals surface area contributed by atoms with Gasteiger partial charge in [-0.3, -0.25) is 9.97 Å². The Balaban J connectivity index is 0.000000352. The molecule has 0 amide bonds. The minimum Gasteiger partial charge on any atom is -0.395 e. The fourth-order valence-electron chi connectivity index (χ4n) is 1.21. The van der Waals surface area contributed by atoms with Crippen molar-refractivity contribution in [3.05, 3.63) is 53.5 Å². The minimum absolute atomic E-state index is 0. The van der Waals surface area contributed by atoms with Crippen LogP contribution in [-0.2, 0) is 0 Å². The number of likely N-dealkylation sites (N-methyl/N-ethyl adjacent to an activating group) is 1. The highest BCUT2D eigenvalue weighted by atomic mass is 79.9. The molecular formula is C13H17BrClN3O. The summed E-state index contributed by atoms with van der Waals surface area (Å²) < 4.78 is 1.07. The Morgan fingerprint density at radius 1 is 1.05 bits per heavy atom. The van der Waals surface area contributed by atoms with E-state index in [0.717, 1.165) is 10.2 Å². The van der Waals surface area contributed by atoms with Gasteiger partial charge in [0.25, 0.3) is 0 Å². The van der Waals surface area contributed by atoms with Crippen LogP contribution in [0, 0.1) is 0 Å². The van der Waals surface area contributed by atoms with E-state index in [9.17, 15) is 0 Å². The summed E-state index contributed by atoms with van der Waals surface area (Å²) in [6, 6.07) is 7.60. The van der Waals surface area contributed by atoms with Crippen molar-refractivity contribution >= 4 is 34.0 Å². The molecule has 0 atom stereocenters. The summed E-state index contributed by atoms with van der Waals surface area (Å²) >= 11 is 3.27. The van der Waals surface area contributed by atoms with Crippen LogP contribution in [0.25, 0.3) is 0 Å². The maximum atomic E-state index is 8.64. The number of pyridine rings is 2. The number of aliphatic hydroxyl groups excluding tert-OH is 1. The maximum absolute atomic E-state index is 8.64. The Morgan fingerprint density at radius 2 is 1.53 bits per heavy atom. The summed E-state index contributed by atoms with van der Waals surface area (Å²) in [6.07, 6.45) is 6.96. The van der Waals surface area contributed by atoms with Crippen LogP contribution in [0.2, 0.25) is 0 Å². The molecule has 19 heavy (non-hydrogen) atoms. The molecule has 2 heterocycles. The molecule has 0 unspecified atom stereocenters. The molecule has 4 nitrogen and oxygen atoms in total. The lowest BCUT2D eigenvalue weighted by Crippen LogP contribution is -2.20. The molecule has 2 aromatic rings. The topological polar surface area (TPSA) is 49.2 Å². The van der Waals surface area contributed by atoms with Crippen molar-refractivity contribution in [2.45, 2.75) is 0 Å². The van der Waals surface area contributed by atoms with Crippen LogP contribution in [0.3, 0.4) is 0 Å². The second kappa shape index (κ2) is 10.7. The second-order valence-electron chi connectivity index (χ2n) is 3.52. The van der Waals surface area contributed by atoms with E-state index in [1.165, 1.54) is 0 Å². The van der Waals surface area contributed by atoms with Crippen molar-refractivity contribution in [3.63, 3.8) is 0 Å². The van der Waals surface area contributed by atoms with Crippen LogP contribution in [-0.4, -0.2) is 35.3 Å². The Kier molecular flexibility index (Phi) is 10.1. The summed E-state index contributed by atoms with van der Waals surface area (Å²) in [5.74, 6) is 0. The first kappa shape index (κ1) is 17.8. The van der Waals surface area contributed by atoms with E-state index in [1.807, 2.05) is 36.2 Å². The highest BCUT2D eigenvalue weighted by Gasteiger charge is 1.96. The molecule has 6 heteroatoms. The van der Waals surface area contributed by atoms with E-state index >= 15 is 0 Å². The van der Waals surface area contributed by atoms with Crippen LogP contribution in [0.5, 0.6) is 0 Å². The first-order valence-corrected chi connectivity index (χ1v) is 6.31. The van der Waals surface area contributed by atoms with Gasteiger partial charge in [-0.2, -0.15) is 0 Å². The SMILES string of the molecule is Brc1ccncc1.CN(CCO)c1ccncc1.Cl. The van der Waals surface area contributed by atoms with Crippen molar-refractivity contribution in [2.75, 3.05) is 25.1 Å². The molecule has 0 fully saturated rings. The van der Waals surface area contributed by atoms with Gasteiger partial charge in [0, 0.05) is 48.5 Å². The number of hydrogen-bond donors (Lipinski definition) is 1. The Bertz CT molecular complexity index is 430. The lowest BCUT2D eigenvalue weighted by molar-refractivity contribution is 0.304. The summed E-state index contributed by atoms with van der Waals surface area (Å²) in [6.45, 7) is 0.836. The predicted octanol–water partition coefficient (Wildman–Crippen LogP) is 2.78. The van der Waals surface area contributed by atoms with E-state index in [-0.39, 0.29) is 19.0 Å². The third-order valence-corrected chi connectivity index (χ3v) is 2.71. The van der Waals surface area contributed by atoms with Gasteiger partial charge < -0.3 is 10.0 Å². The molecule has 1 N–H and O–H groups in total. The van der Waals surface area contributed by atoms with Crippen molar-refractivity contribution in [3.8, 4) is 0 Å². The average molecular weight is 347 g/mol. The molecule has 0 aliphatic heterocycles. The summed E-state index contributed by atoms with van der Waals surface area (Å²) in [5, 5.41) is 8.64. The third-order valence-electron chi connectivity index (χ3n) is 2.18. The number of aliphatic hydroxyl groups is 1. The highest BCUT2D eigenvalue weighted by Crippen LogP contribution is 2.08. The standard InChI is InChI=1S/C8H12N2O.C5H4BrN.ClH/c1-10(6-7-11)8-2-4-9-5-3-8;6-5-1-3-7-4-2-5;/h2-5,11H,6-7H2,1H3;1-4H;1H. The maximum Gasteiger partial charge on any atom is 0.0606 e. The number of halogens is 2. The van der Waals surface area contributed by atoms with Crippen LogP contribution < -0.4 is 4.90 Å². The largest absolute Gasteiger partial charge is 0.395 e. The molecule has 0 aromatic carbocycles. The van der Waals surface area contributed by atoms with Gasteiger partial charge in [-0.25, -0.2) is 0 Å². The van der Waals surface area contributed by atoms with Gasteiger partial charge in [0.2, 0.25) is 0 Å². The third kappa shape index (κ3) is 7.77. The van der Waals surface area contributed by atoms with Crippen LogP contribution in [0.15, 0.2) is 53.5 Å². The fraction of sp³-hybridized carbons (Fsp3) is 0.231. The molecule has 0 radical (unpaired) electrons. The number of hydrogen-bond acceptors (Lipinski definition) is 4. The molecule has 104 valence electrons.